The number of ether oxygens (including phenoxy) is 1. The van der Waals surface area contributed by atoms with Gasteiger partial charge in [-0.2, -0.15) is 9.97 Å². The Morgan fingerprint density at radius 3 is 2.60 bits per heavy atom. The summed E-state index contributed by atoms with van der Waals surface area (Å²) in [5.41, 5.74) is 1.31. The topological polar surface area (TPSA) is 126 Å². The van der Waals surface area contributed by atoms with Gasteiger partial charge in [0, 0.05) is 30.5 Å². The van der Waals surface area contributed by atoms with E-state index in [4.69, 9.17) is 4.74 Å². The molecule has 1 aliphatic heterocycles. The molecule has 1 aromatic carbocycles. The fraction of sp³-hybridized carbons (Fsp3) is 0.312. The van der Waals surface area contributed by atoms with E-state index in [9.17, 15) is 15.3 Å². The molecule has 1 aliphatic rings. The van der Waals surface area contributed by atoms with Gasteiger partial charge in [-0.3, -0.25) is 4.57 Å². The number of nitrogens with zero attached hydrogens (tertiary/aromatic N) is 4. The number of anilines is 2. The normalized spacial score (nSPS) is 17.7. The largest absolute Gasteiger partial charge is 0.508 e. The van der Waals surface area contributed by atoms with Crippen molar-refractivity contribution in [2.45, 2.75) is 25.5 Å². The average Bonchev–Trinajstić information content (AvgIpc) is 2.98. The Morgan fingerprint density at radius 2 is 1.88 bits per heavy atom. The average molecular weight is 343 g/mol. The molecule has 2 aromatic heterocycles. The van der Waals surface area contributed by atoms with Crippen molar-refractivity contribution in [1.82, 2.24) is 19.5 Å². The second-order valence-corrected chi connectivity index (χ2v) is 5.88. The molecule has 0 spiro atoms. The molecule has 0 aliphatic carbocycles. The molecule has 1 saturated heterocycles. The van der Waals surface area contributed by atoms with Crippen molar-refractivity contribution in [3.8, 4) is 17.5 Å². The van der Waals surface area contributed by atoms with Crippen LogP contribution in [0, 0.1) is 0 Å². The Labute approximate surface area is 142 Å². The van der Waals surface area contributed by atoms with E-state index < -0.39 is 6.01 Å². The summed E-state index contributed by atoms with van der Waals surface area (Å²) in [5.74, 6) is 0.0679. The summed E-state index contributed by atoms with van der Waals surface area (Å²) in [6.45, 7) is 0.676. The third-order valence-electron chi connectivity index (χ3n) is 4.04. The zero-order valence-corrected chi connectivity index (χ0v) is 13.3. The highest BCUT2D eigenvalue weighted by Gasteiger charge is 2.21. The van der Waals surface area contributed by atoms with Gasteiger partial charge in [0.05, 0.1) is 6.33 Å². The number of aromatic nitrogens is 4. The number of fused-ring (bicyclic) bond motifs is 1. The SMILES string of the molecule is Oc1cc(O)cc(Nc2nc(O)nc3c2ncn3C2CCCCO2)c1. The van der Waals surface area contributed by atoms with E-state index in [1.807, 2.05) is 0 Å². The summed E-state index contributed by atoms with van der Waals surface area (Å²) in [6.07, 6.45) is 4.36. The molecule has 0 bridgehead atoms. The van der Waals surface area contributed by atoms with Gasteiger partial charge < -0.3 is 25.4 Å². The maximum atomic E-state index is 9.90. The third-order valence-corrected chi connectivity index (χ3v) is 4.04. The first-order chi connectivity index (χ1) is 12.1. The lowest BCUT2D eigenvalue weighted by atomic mass is 10.2. The fourth-order valence-corrected chi connectivity index (χ4v) is 2.95. The van der Waals surface area contributed by atoms with Crippen LogP contribution in [-0.2, 0) is 4.74 Å². The zero-order chi connectivity index (χ0) is 17.4. The molecule has 4 rings (SSSR count). The lowest BCUT2D eigenvalue weighted by Gasteiger charge is -2.23. The summed E-state index contributed by atoms with van der Waals surface area (Å²) in [4.78, 5) is 12.4. The first-order valence-corrected chi connectivity index (χ1v) is 7.95. The van der Waals surface area contributed by atoms with Crippen LogP contribution >= 0.6 is 0 Å². The van der Waals surface area contributed by atoms with Crippen LogP contribution in [0.3, 0.4) is 0 Å². The second-order valence-electron chi connectivity index (χ2n) is 5.88. The summed E-state index contributed by atoms with van der Waals surface area (Å²) in [7, 11) is 0. The van der Waals surface area contributed by atoms with Crippen molar-refractivity contribution in [3.63, 3.8) is 0 Å². The number of hydrogen-bond donors (Lipinski definition) is 4. The number of hydrogen-bond acceptors (Lipinski definition) is 8. The Bertz CT molecular complexity index is 900. The Kier molecular flexibility index (Phi) is 3.77. The van der Waals surface area contributed by atoms with Crippen molar-refractivity contribution in [3.05, 3.63) is 24.5 Å². The molecule has 1 unspecified atom stereocenters. The number of phenols is 2. The highest BCUT2D eigenvalue weighted by Crippen LogP contribution is 2.31. The molecule has 4 N–H and O–H groups in total. The summed E-state index contributed by atoms with van der Waals surface area (Å²) in [6, 6.07) is 3.66. The minimum atomic E-state index is -0.406. The Morgan fingerprint density at radius 1 is 1.08 bits per heavy atom. The molecule has 9 nitrogen and oxygen atoms in total. The van der Waals surface area contributed by atoms with Gasteiger partial charge in [0.25, 0.3) is 0 Å². The molecule has 0 saturated carbocycles. The molecule has 0 amide bonds. The first-order valence-electron chi connectivity index (χ1n) is 7.95. The molecule has 0 radical (unpaired) electrons. The van der Waals surface area contributed by atoms with E-state index >= 15 is 0 Å². The molecule has 1 atom stereocenters. The van der Waals surface area contributed by atoms with Crippen LogP contribution in [0.1, 0.15) is 25.5 Å². The maximum absolute atomic E-state index is 9.90. The van der Waals surface area contributed by atoms with Gasteiger partial charge in [0.2, 0.25) is 0 Å². The van der Waals surface area contributed by atoms with Crippen molar-refractivity contribution in [1.29, 1.82) is 0 Å². The van der Waals surface area contributed by atoms with Crippen LogP contribution in [0.5, 0.6) is 17.5 Å². The van der Waals surface area contributed by atoms with Gasteiger partial charge in [0.15, 0.2) is 17.0 Å². The van der Waals surface area contributed by atoms with Gasteiger partial charge in [-0.15, -0.1) is 0 Å². The van der Waals surface area contributed by atoms with Crippen molar-refractivity contribution >= 4 is 22.7 Å². The van der Waals surface area contributed by atoms with Gasteiger partial charge in [-0.25, -0.2) is 4.98 Å². The van der Waals surface area contributed by atoms with Gasteiger partial charge >= 0.3 is 6.01 Å². The monoisotopic (exact) mass is 343 g/mol. The lowest BCUT2D eigenvalue weighted by molar-refractivity contribution is -0.0298. The van der Waals surface area contributed by atoms with Gasteiger partial charge in [-0.1, -0.05) is 0 Å². The second kappa shape index (κ2) is 6.10. The van der Waals surface area contributed by atoms with E-state index in [1.54, 1.807) is 10.9 Å². The van der Waals surface area contributed by atoms with E-state index in [1.165, 1.54) is 18.2 Å². The molecule has 3 aromatic rings. The molecule has 3 heterocycles. The van der Waals surface area contributed by atoms with Crippen LogP contribution in [-0.4, -0.2) is 41.4 Å². The summed E-state index contributed by atoms with van der Waals surface area (Å²) >= 11 is 0. The molecular formula is C16H17N5O4. The van der Waals surface area contributed by atoms with E-state index in [2.05, 4.69) is 20.3 Å². The Hall–Kier alpha value is -3.07. The minimum Gasteiger partial charge on any atom is -0.508 e. The minimum absolute atomic E-state index is 0.0989. The molecule has 130 valence electrons. The standard InChI is InChI=1S/C16H17N5O4/c22-10-5-9(6-11(23)7-10)18-14-13-15(20-16(24)19-14)21(8-17-13)12-3-1-2-4-25-12/h5-8,12,22-23H,1-4H2,(H2,18,19,20,24). The number of imidazole rings is 1. The van der Waals surface area contributed by atoms with Crippen LogP contribution in [0.15, 0.2) is 24.5 Å². The third kappa shape index (κ3) is 3.01. The number of rotatable bonds is 3. The molecule has 1 fully saturated rings. The maximum Gasteiger partial charge on any atom is 0.318 e. The van der Waals surface area contributed by atoms with Crippen molar-refractivity contribution in [2.24, 2.45) is 0 Å². The van der Waals surface area contributed by atoms with E-state index in [0.717, 1.165) is 19.3 Å². The zero-order valence-electron chi connectivity index (χ0n) is 13.3. The quantitative estimate of drug-likeness (QED) is 0.571. The van der Waals surface area contributed by atoms with Gasteiger partial charge in [0.1, 0.15) is 17.7 Å². The lowest BCUT2D eigenvalue weighted by Crippen LogP contribution is -2.17. The van der Waals surface area contributed by atoms with Crippen LogP contribution in [0.4, 0.5) is 11.5 Å². The van der Waals surface area contributed by atoms with Crippen LogP contribution in [0.2, 0.25) is 0 Å². The summed E-state index contributed by atoms with van der Waals surface area (Å²) in [5, 5.41) is 32.0. The highest BCUT2D eigenvalue weighted by atomic mass is 16.5. The molecular weight excluding hydrogens is 326 g/mol. The number of benzene rings is 1. The smallest absolute Gasteiger partial charge is 0.318 e. The van der Waals surface area contributed by atoms with Crippen molar-refractivity contribution in [2.75, 3.05) is 11.9 Å². The molecule has 9 heteroatoms. The highest BCUT2D eigenvalue weighted by molar-refractivity contribution is 5.86. The van der Waals surface area contributed by atoms with Crippen LogP contribution < -0.4 is 5.32 Å². The van der Waals surface area contributed by atoms with E-state index in [0.29, 0.717) is 23.5 Å². The number of nitrogens with one attached hydrogen (secondary N) is 1. The van der Waals surface area contributed by atoms with E-state index in [-0.39, 0.29) is 23.5 Å². The van der Waals surface area contributed by atoms with Crippen molar-refractivity contribution < 1.29 is 20.1 Å². The molecule has 25 heavy (non-hydrogen) atoms. The first kappa shape index (κ1) is 15.5. The predicted octanol–water partition coefficient (Wildman–Crippen LogP) is 2.39. The summed E-state index contributed by atoms with van der Waals surface area (Å²) < 4.78 is 7.53. The van der Waals surface area contributed by atoms with Crippen LogP contribution in [0.25, 0.3) is 11.2 Å². The van der Waals surface area contributed by atoms with Gasteiger partial charge in [-0.05, 0) is 19.3 Å². The fourth-order valence-electron chi connectivity index (χ4n) is 2.95. The number of phenolic OH excluding ortho intramolecular Hbond substituents is 2. The predicted molar refractivity (Wildman–Crippen MR) is 88.9 cm³/mol. The number of aromatic hydroxyl groups is 3. The Balaban J connectivity index is 1.75.